The number of nitrogens with one attached hydrogen (secondary N) is 2. The van der Waals surface area contributed by atoms with E-state index < -0.39 is 0 Å². The summed E-state index contributed by atoms with van der Waals surface area (Å²) in [6, 6.07) is 8.23. The van der Waals surface area contributed by atoms with E-state index in [1.165, 1.54) is 5.56 Å². The van der Waals surface area contributed by atoms with Crippen LogP contribution >= 0.6 is 15.9 Å². The highest BCUT2D eigenvalue weighted by molar-refractivity contribution is 9.10. The van der Waals surface area contributed by atoms with Crippen molar-refractivity contribution in [3.05, 3.63) is 34.3 Å². The van der Waals surface area contributed by atoms with Crippen molar-refractivity contribution in [3.8, 4) is 0 Å². The normalized spacial score (nSPS) is 18.7. The van der Waals surface area contributed by atoms with Gasteiger partial charge in [0, 0.05) is 17.6 Å². The fourth-order valence-electron chi connectivity index (χ4n) is 3.04. The van der Waals surface area contributed by atoms with Gasteiger partial charge >= 0.3 is 0 Å². The molecule has 1 aliphatic heterocycles. The van der Waals surface area contributed by atoms with Crippen molar-refractivity contribution in [2.45, 2.75) is 32.2 Å². The van der Waals surface area contributed by atoms with Crippen molar-refractivity contribution in [2.24, 2.45) is 5.41 Å². The number of amides is 1. The first-order valence-corrected chi connectivity index (χ1v) is 8.61. The molecule has 1 aromatic carbocycles. The molecule has 1 aliphatic rings. The van der Waals surface area contributed by atoms with E-state index in [1.807, 2.05) is 18.2 Å². The summed E-state index contributed by atoms with van der Waals surface area (Å²) in [6.07, 6.45) is 2.47. The smallest absolute Gasteiger partial charge is 0.228 e. The molecule has 2 rings (SSSR count). The number of hydrogen-bond acceptors (Lipinski definition) is 3. The third-order valence-electron chi connectivity index (χ3n) is 4.32. The van der Waals surface area contributed by atoms with Gasteiger partial charge in [-0.15, -0.1) is 0 Å². The van der Waals surface area contributed by atoms with Gasteiger partial charge in [0.1, 0.15) is 0 Å². The third-order valence-corrected chi connectivity index (χ3v) is 5.10. The molecule has 5 heteroatoms. The minimum absolute atomic E-state index is 0.0924. The van der Waals surface area contributed by atoms with Crippen LogP contribution in [0.2, 0.25) is 0 Å². The van der Waals surface area contributed by atoms with E-state index in [0.29, 0.717) is 6.61 Å². The zero-order valence-electron chi connectivity index (χ0n) is 13.3. The molecule has 1 saturated heterocycles. The van der Waals surface area contributed by atoms with Gasteiger partial charge in [0.2, 0.25) is 5.91 Å². The maximum absolute atomic E-state index is 12.8. The first-order valence-electron chi connectivity index (χ1n) is 7.81. The molecule has 0 aliphatic carbocycles. The highest BCUT2D eigenvalue weighted by atomic mass is 79.9. The van der Waals surface area contributed by atoms with Crippen molar-refractivity contribution in [3.63, 3.8) is 0 Å². The Balaban J connectivity index is 1.98. The highest BCUT2D eigenvalue weighted by Gasteiger charge is 2.39. The van der Waals surface area contributed by atoms with Gasteiger partial charge in [-0.25, -0.2) is 0 Å². The van der Waals surface area contributed by atoms with E-state index in [2.05, 4.69) is 39.6 Å². The van der Waals surface area contributed by atoms with Crippen LogP contribution in [-0.4, -0.2) is 38.8 Å². The van der Waals surface area contributed by atoms with E-state index >= 15 is 0 Å². The first-order chi connectivity index (χ1) is 10.6. The van der Waals surface area contributed by atoms with E-state index in [1.54, 1.807) is 7.11 Å². The van der Waals surface area contributed by atoms with Crippen LogP contribution in [0.4, 0.5) is 0 Å². The minimum Gasteiger partial charge on any atom is -0.384 e. The quantitative estimate of drug-likeness (QED) is 0.810. The lowest BCUT2D eigenvalue weighted by molar-refractivity contribution is -0.136. The zero-order valence-corrected chi connectivity index (χ0v) is 14.9. The van der Waals surface area contributed by atoms with E-state index in [4.69, 9.17) is 4.74 Å². The molecule has 4 nitrogen and oxygen atoms in total. The monoisotopic (exact) mass is 368 g/mol. The maximum atomic E-state index is 12.8. The molecule has 1 atom stereocenters. The number of ether oxygens (including phenoxy) is 1. The maximum Gasteiger partial charge on any atom is 0.228 e. The molecule has 22 heavy (non-hydrogen) atoms. The molecule has 0 aromatic heterocycles. The van der Waals surface area contributed by atoms with Crippen LogP contribution in [0.5, 0.6) is 0 Å². The van der Waals surface area contributed by atoms with Crippen molar-refractivity contribution in [1.82, 2.24) is 10.6 Å². The van der Waals surface area contributed by atoms with Gasteiger partial charge in [-0.2, -0.15) is 0 Å². The van der Waals surface area contributed by atoms with Crippen molar-refractivity contribution in [1.29, 1.82) is 0 Å². The summed E-state index contributed by atoms with van der Waals surface area (Å²) >= 11 is 3.56. The second kappa shape index (κ2) is 8.09. The Morgan fingerprint density at radius 2 is 2.09 bits per heavy atom. The standard InChI is InChI=1S/C17H25BrN2O2/c1-13(11-14-5-3-4-6-15(14)18)20-16(21)17(12-22-2)7-9-19-10-8-17/h3-6,13,19H,7-12H2,1-2H3,(H,20,21). The summed E-state index contributed by atoms with van der Waals surface area (Å²) in [5.74, 6) is 0.121. The number of halogens is 1. The summed E-state index contributed by atoms with van der Waals surface area (Å²) in [7, 11) is 1.67. The Morgan fingerprint density at radius 3 is 2.73 bits per heavy atom. The average molecular weight is 369 g/mol. The first kappa shape index (κ1) is 17.4. The predicted octanol–water partition coefficient (Wildman–Crippen LogP) is 2.51. The SMILES string of the molecule is COCC1(C(=O)NC(C)Cc2ccccc2Br)CCNCC1. The molecule has 1 unspecified atom stereocenters. The second-order valence-electron chi connectivity index (χ2n) is 6.13. The van der Waals surface area contributed by atoms with Crippen LogP contribution in [0.15, 0.2) is 28.7 Å². The lowest BCUT2D eigenvalue weighted by atomic mass is 9.78. The van der Waals surface area contributed by atoms with Crippen molar-refractivity contribution < 1.29 is 9.53 Å². The van der Waals surface area contributed by atoms with Crippen LogP contribution in [0.1, 0.15) is 25.3 Å². The van der Waals surface area contributed by atoms with E-state index in [0.717, 1.165) is 36.8 Å². The number of methoxy groups -OCH3 is 1. The van der Waals surface area contributed by atoms with Gasteiger partial charge in [0.05, 0.1) is 12.0 Å². The number of hydrogen-bond donors (Lipinski definition) is 2. The number of piperidine rings is 1. The van der Waals surface area contributed by atoms with Crippen molar-refractivity contribution >= 4 is 21.8 Å². The van der Waals surface area contributed by atoms with E-state index in [-0.39, 0.29) is 17.4 Å². The molecular formula is C17H25BrN2O2. The predicted molar refractivity (Wildman–Crippen MR) is 91.9 cm³/mol. The lowest BCUT2D eigenvalue weighted by Gasteiger charge is -2.36. The number of carbonyl (C=O) groups excluding carboxylic acids is 1. The van der Waals surface area contributed by atoms with Gasteiger partial charge in [-0.3, -0.25) is 4.79 Å². The molecular weight excluding hydrogens is 344 g/mol. The number of benzene rings is 1. The molecule has 1 aromatic rings. The van der Waals surface area contributed by atoms with Gasteiger partial charge in [0.15, 0.2) is 0 Å². The zero-order chi connectivity index (χ0) is 16.0. The van der Waals surface area contributed by atoms with Gasteiger partial charge in [0.25, 0.3) is 0 Å². The highest BCUT2D eigenvalue weighted by Crippen LogP contribution is 2.29. The van der Waals surface area contributed by atoms with Crippen molar-refractivity contribution in [2.75, 3.05) is 26.8 Å². The third kappa shape index (κ3) is 4.31. The molecule has 1 amide bonds. The summed E-state index contributed by atoms with van der Waals surface area (Å²) in [5, 5.41) is 6.50. The average Bonchev–Trinajstić information content (AvgIpc) is 2.51. The molecule has 2 N–H and O–H groups in total. The molecule has 0 spiro atoms. The van der Waals surface area contributed by atoms with Crippen LogP contribution in [0, 0.1) is 5.41 Å². The van der Waals surface area contributed by atoms with Crippen LogP contribution in [0.3, 0.4) is 0 Å². The molecule has 0 saturated carbocycles. The Hall–Kier alpha value is -0.910. The Kier molecular flexibility index (Phi) is 6.41. The Morgan fingerprint density at radius 1 is 1.41 bits per heavy atom. The molecule has 1 heterocycles. The summed E-state index contributed by atoms with van der Waals surface area (Å²) < 4.78 is 6.42. The Labute approximate surface area is 141 Å². The van der Waals surface area contributed by atoms with Crippen LogP contribution < -0.4 is 10.6 Å². The lowest BCUT2D eigenvalue weighted by Crippen LogP contribution is -2.52. The van der Waals surface area contributed by atoms with E-state index in [9.17, 15) is 4.79 Å². The molecule has 0 bridgehead atoms. The summed E-state index contributed by atoms with van der Waals surface area (Å²) in [6.45, 7) is 4.28. The van der Waals surface area contributed by atoms with Gasteiger partial charge in [-0.05, 0) is 50.9 Å². The van der Waals surface area contributed by atoms with Crippen LogP contribution in [0.25, 0.3) is 0 Å². The second-order valence-corrected chi connectivity index (χ2v) is 6.99. The number of rotatable bonds is 6. The minimum atomic E-state index is -0.387. The Bertz CT molecular complexity index is 496. The number of carbonyl (C=O) groups is 1. The summed E-state index contributed by atoms with van der Waals surface area (Å²) in [4.78, 5) is 12.8. The molecule has 1 fully saturated rings. The van der Waals surface area contributed by atoms with Crippen LogP contribution in [-0.2, 0) is 16.0 Å². The summed E-state index contributed by atoms with van der Waals surface area (Å²) in [5.41, 5.74) is 0.823. The fraction of sp³-hybridized carbons (Fsp3) is 0.588. The molecule has 0 radical (unpaired) electrons. The fourth-order valence-corrected chi connectivity index (χ4v) is 3.49. The van der Waals surface area contributed by atoms with Gasteiger partial charge < -0.3 is 15.4 Å². The van der Waals surface area contributed by atoms with Gasteiger partial charge in [-0.1, -0.05) is 34.1 Å². The molecule has 122 valence electrons. The topological polar surface area (TPSA) is 50.4 Å². The largest absolute Gasteiger partial charge is 0.384 e.